The lowest BCUT2D eigenvalue weighted by molar-refractivity contribution is -0.116. The molecule has 0 saturated carbocycles. The Morgan fingerprint density at radius 2 is 2.12 bits per heavy atom. The van der Waals surface area contributed by atoms with E-state index < -0.39 is 0 Å². The number of fused-ring (bicyclic) bond motifs is 3. The Bertz CT molecular complexity index is 962. The van der Waals surface area contributed by atoms with Gasteiger partial charge in [0.2, 0.25) is 5.91 Å². The summed E-state index contributed by atoms with van der Waals surface area (Å²) in [5.41, 5.74) is 1.01. The average molecular weight is 340 g/mol. The normalized spacial score (nSPS) is 13.7. The Morgan fingerprint density at radius 1 is 1.25 bits per heavy atom. The first-order chi connectivity index (χ1) is 11.7. The van der Waals surface area contributed by atoms with Crippen LogP contribution in [0.1, 0.15) is 23.3 Å². The maximum atomic E-state index is 12.8. The zero-order valence-corrected chi connectivity index (χ0v) is 13.8. The molecular formula is C17H16N4O2S. The number of rotatable bonds is 3. The van der Waals surface area contributed by atoms with E-state index in [4.69, 9.17) is 0 Å². The van der Waals surface area contributed by atoms with Crippen LogP contribution in [0.25, 0.3) is 10.2 Å². The molecule has 122 valence electrons. The number of thiophene rings is 1. The highest BCUT2D eigenvalue weighted by Crippen LogP contribution is 2.33. The van der Waals surface area contributed by atoms with Crippen molar-refractivity contribution >= 4 is 33.3 Å². The first kappa shape index (κ1) is 15.0. The Balaban J connectivity index is 1.64. The summed E-state index contributed by atoms with van der Waals surface area (Å²) in [7, 11) is 0. The van der Waals surface area contributed by atoms with E-state index >= 15 is 0 Å². The molecule has 0 fully saturated rings. The van der Waals surface area contributed by atoms with Gasteiger partial charge in [0.05, 0.1) is 11.7 Å². The van der Waals surface area contributed by atoms with Crippen LogP contribution in [-0.2, 0) is 24.2 Å². The number of amides is 1. The van der Waals surface area contributed by atoms with Crippen LogP contribution < -0.4 is 10.9 Å². The van der Waals surface area contributed by atoms with Crippen molar-refractivity contribution in [3.63, 3.8) is 0 Å². The summed E-state index contributed by atoms with van der Waals surface area (Å²) in [6.45, 7) is -0.0665. The molecule has 3 heterocycles. The molecule has 0 bridgehead atoms. The van der Waals surface area contributed by atoms with Crippen molar-refractivity contribution in [1.29, 1.82) is 0 Å². The predicted octanol–water partition coefficient (Wildman–Crippen LogP) is 2.37. The molecule has 1 N–H and O–H groups in total. The average Bonchev–Trinajstić information content (AvgIpc) is 2.97. The first-order valence-electron chi connectivity index (χ1n) is 7.93. The molecule has 0 unspecified atom stereocenters. The molecule has 0 aromatic carbocycles. The summed E-state index contributed by atoms with van der Waals surface area (Å²) in [6.07, 6.45) is 7.29. The van der Waals surface area contributed by atoms with Gasteiger partial charge in [-0.2, -0.15) is 0 Å². The zero-order chi connectivity index (χ0) is 16.5. The number of carbonyl (C=O) groups is 1. The standard InChI is InChI=1S/C17H16N4O2S/c22-14(20-13-7-3-4-8-18-13)9-21-10-19-16-15(17(21)23)11-5-1-2-6-12(11)24-16/h3-4,7-8,10H,1-2,5-6,9H2,(H,18,20,22). The molecule has 7 heteroatoms. The Morgan fingerprint density at radius 3 is 2.96 bits per heavy atom. The third-order valence-electron chi connectivity index (χ3n) is 4.19. The van der Waals surface area contributed by atoms with Gasteiger partial charge in [-0.1, -0.05) is 6.07 Å². The van der Waals surface area contributed by atoms with Gasteiger partial charge in [-0.05, 0) is 43.4 Å². The molecule has 0 spiro atoms. The highest BCUT2D eigenvalue weighted by atomic mass is 32.1. The SMILES string of the molecule is O=C(Cn1cnc2sc3c(c2c1=O)CCCC3)Nc1ccccn1. The van der Waals surface area contributed by atoms with E-state index in [1.54, 1.807) is 35.7 Å². The van der Waals surface area contributed by atoms with E-state index in [0.29, 0.717) is 11.2 Å². The van der Waals surface area contributed by atoms with Crippen LogP contribution in [0.5, 0.6) is 0 Å². The van der Waals surface area contributed by atoms with Crippen LogP contribution in [0.15, 0.2) is 35.5 Å². The maximum Gasteiger partial charge on any atom is 0.262 e. The smallest absolute Gasteiger partial charge is 0.262 e. The number of anilines is 1. The predicted molar refractivity (Wildman–Crippen MR) is 93.4 cm³/mol. The summed E-state index contributed by atoms with van der Waals surface area (Å²) in [4.78, 5) is 35.4. The van der Waals surface area contributed by atoms with Gasteiger partial charge in [-0.25, -0.2) is 9.97 Å². The fraction of sp³-hybridized carbons (Fsp3) is 0.294. The number of nitrogens with zero attached hydrogens (tertiary/aromatic N) is 3. The van der Waals surface area contributed by atoms with E-state index in [9.17, 15) is 9.59 Å². The van der Waals surface area contributed by atoms with Gasteiger partial charge in [-0.3, -0.25) is 14.2 Å². The van der Waals surface area contributed by atoms with E-state index in [2.05, 4.69) is 15.3 Å². The fourth-order valence-corrected chi connectivity index (χ4v) is 4.29. The quantitative estimate of drug-likeness (QED) is 0.794. The molecule has 1 amide bonds. The molecule has 6 nitrogen and oxygen atoms in total. The van der Waals surface area contributed by atoms with Crippen molar-refractivity contribution in [2.24, 2.45) is 0 Å². The van der Waals surface area contributed by atoms with Gasteiger partial charge in [0.15, 0.2) is 0 Å². The third kappa shape index (κ3) is 2.71. The molecule has 1 aliphatic carbocycles. The number of hydrogen-bond acceptors (Lipinski definition) is 5. The van der Waals surface area contributed by atoms with Crippen LogP contribution >= 0.6 is 11.3 Å². The van der Waals surface area contributed by atoms with Crippen LogP contribution in [0.3, 0.4) is 0 Å². The number of carbonyl (C=O) groups excluding carboxylic acids is 1. The molecule has 0 atom stereocenters. The molecule has 1 aliphatic rings. The summed E-state index contributed by atoms with van der Waals surface area (Å²) < 4.78 is 1.38. The number of hydrogen-bond donors (Lipinski definition) is 1. The van der Waals surface area contributed by atoms with E-state index in [0.717, 1.165) is 29.7 Å². The molecule has 0 radical (unpaired) electrons. The second kappa shape index (κ2) is 6.16. The van der Waals surface area contributed by atoms with E-state index in [-0.39, 0.29) is 18.0 Å². The molecule has 3 aromatic heterocycles. The van der Waals surface area contributed by atoms with Gasteiger partial charge < -0.3 is 5.32 Å². The van der Waals surface area contributed by atoms with Crippen molar-refractivity contribution in [2.45, 2.75) is 32.2 Å². The van der Waals surface area contributed by atoms with Crippen LogP contribution in [0, 0.1) is 0 Å². The number of aryl methyl sites for hydroxylation is 2. The van der Waals surface area contributed by atoms with Crippen LogP contribution in [0.4, 0.5) is 5.82 Å². The molecule has 0 saturated heterocycles. The molecule has 3 aromatic rings. The van der Waals surface area contributed by atoms with Crippen molar-refractivity contribution in [3.8, 4) is 0 Å². The minimum atomic E-state index is -0.291. The second-order valence-electron chi connectivity index (χ2n) is 5.83. The summed E-state index contributed by atoms with van der Waals surface area (Å²) in [5, 5.41) is 3.38. The number of aromatic nitrogens is 3. The highest BCUT2D eigenvalue weighted by Gasteiger charge is 2.20. The summed E-state index contributed by atoms with van der Waals surface area (Å²) >= 11 is 1.61. The van der Waals surface area contributed by atoms with Crippen molar-refractivity contribution < 1.29 is 4.79 Å². The van der Waals surface area contributed by atoms with Gasteiger partial charge in [0.25, 0.3) is 5.56 Å². The fourth-order valence-electron chi connectivity index (χ4n) is 3.07. The monoisotopic (exact) mass is 340 g/mol. The number of pyridine rings is 1. The molecule has 24 heavy (non-hydrogen) atoms. The van der Waals surface area contributed by atoms with Crippen molar-refractivity contribution in [1.82, 2.24) is 14.5 Å². The van der Waals surface area contributed by atoms with Crippen LogP contribution in [-0.4, -0.2) is 20.4 Å². The molecular weight excluding hydrogens is 324 g/mol. The van der Waals surface area contributed by atoms with E-state index in [1.165, 1.54) is 22.2 Å². The third-order valence-corrected chi connectivity index (χ3v) is 5.39. The van der Waals surface area contributed by atoms with Gasteiger partial charge in [-0.15, -0.1) is 11.3 Å². The number of nitrogens with one attached hydrogen (secondary N) is 1. The van der Waals surface area contributed by atoms with Gasteiger partial charge in [0.1, 0.15) is 17.2 Å². The lowest BCUT2D eigenvalue weighted by Gasteiger charge is -2.10. The highest BCUT2D eigenvalue weighted by molar-refractivity contribution is 7.18. The Labute approximate surface area is 142 Å². The maximum absolute atomic E-state index is 12.8. The van der Waals surface area contributed by atoms with E-state index in [1.807, 2.05) is 0 Å². The van der Waals surface area contributed by atoms with Gasteiger partial charge >= 0.3 is 0 Å². The largest absolute Gasteiger partial charge is 0.309 e. The molecule has 0 aliphatic heterocycles. The lowest BCUT2D eigenvalue weighted by atomic mass is 9.97. The summed E-state index contributed by atoms with van der Waals surface area (Å²) in [5.74, 6) is 0.179. The minimum Gasteiger partial charge on any atom is -0.309 e. The second-order valence-corrected chi connectivity index (χ2v) is 6.92. The Kier molecular flexibility index (Phi) is 3.86. The van der Waals surface area contributed by atoms with Crippen LogP contribution in [0.2, 0.25) is 0 Å². The van der Waals surface area contributed by atoms with Crippen molar-refractivity contribution in [3.05, 3.63) is 51.5 Å². The van der Waals surface area contributed by atoms with Crippen molar-refractivity contribution in [2.75, 3.05) is 5.32 Å². The molecule has 4 rings (SSSR count). The first-order valence-corrected chi connectivity index (χ1v) is 8.74. The zero-order valence-electron chi connectivity index (χ0n) is 13.0. The minimum absolute atomic E-state index is 0.0665. The topological polar surface area (TPSA) is 76.9 Å². The van der Waals surface area contributed by atoms with Gasteiger partial charge in [0, 0.05) is 11.1 Å². The Hall–Kier alpha value is -2.54. The summed E-state index contributed by atoms with van der Waals surface area (Å²) in [6, 6.07) is 5.27. The lowest BCUT2D eigenvalue weighted by Crippen LogP contribution is -2.28.